The lowest BCUT2D eigenvalue weighted by molar-refractivity contribution is -0.167. The van der Waals surface area contributed by atoms with Crippen molar-refractivity contribution in [2.75, 3.05) is 13.2 Å². The molecule has 1 unspecified atom stereocenters. The van der Waals surface area contributed by atoms with E-state index in [0.29, 0.717) is 19.3 Å². The van der Waals surface area contributed by atoms with Gasteiger partial charge in [0.05, 0.1) is 0 Å². The zero-order valence-corrected chi connectivity index (χ0v) is 54.6. The first kappa shape index (κ1) is 78.4. The van der Waals surface area contributed by atoms with Crippen molar-refractivity contribution in [3.05, 3.63) is 48.6 Å². The summed E-state index contributed by atoms with van der Waals surface area (Å²) in [5.41, 5.74) is 0. The standard InChI is InChI=1S/C75H138O6/c1-4-7-10-13-16-19-22-24-26-28-30-31-32-33-34-35-36-37-38-39-40-41-42-43-44-45-46-48-49-51-53-56-59-62-65-68-74(77)80-71-72(70-79-73(76)67-64-61-58-55-21-18-15-12-9-6-3)81-75(78)69-66-63-60-57-54-52-50-47-29-27-25-23-20-17-14-11-8-5-2/h12,15,22,24,27-30,72H,4-11,13-14,16-21,23,25-26,31-71H2,1-3H3/b15-12-,24-22-,29-27-,30-28-. The van der Waals surface area contributed by atoms with Crippen LogP contribution in [0.25, 0.3) is 0 Å². The lowest BCUT2D eigenvalue weighted by Crippen LogP contribution is -2.30. The fourth-order valence-corrected chi connectivity index (χ4v) is 10.8. The van der Waals surface area contributed by atoms with Crippen LogP contribution in [0.5, 0.6) is 0 Å². The van der Waals surface area contributed by atoms with Crippen molar-refractivity contribution in [2.45, 2.75) is 399 Å². The Morgan fingerprint density at radius 2 is 0.469 bits per heavy atom. The second-order valence-corrected chi connectivity index (χ2v) is 24.5. The van der Waals surface area contributed by atoms with E-state index in [-0.39, 0.29) is 31.1 Å². The van der Waals surface area contributed by atoms with Gasteiger partial charge >= 0.3 is 17.9 Å². The van der Waals surface area contributed by atoms with Crippen LogP contribution in [-0.2, 0) is 28.6 Å². The molecule has 6 heteroatoms. The Kier molecular flexibility index (Phi) is 67.6. The minimum Gasteiger partial charge on any atom is -0.462 e. The smallest absolute Gasteiger partial charge is 0.306 e. The molecular formula is C75H138O6. The largest absolute Gasteiger partial charge is 0.462 e. The average molecular weight is 1140 g/mol. The maximum absolute atomic E-state index is 12.9. The summed E-state index contributed by atoms with van der Waals surface area (Å²) in [7, 11) is 0. The summed E-state index contributed by atoms with van der Waals surface area (Å²) >= 11 is 0. The van der Waals surface area contributed by atoms with Gasteiger partial charge in [0.1, 0.15) is 13.2 Å². The van der Waals surface area contributed by atoms with Crippen molar-refractivity contribution in [1.82, 2.24) is 0 Å². The molecule has 0 fully saturated rings. The van der Waals surface area contributed by atoms with Crippen LogP contribution in [0.3, 0.4) is 0 Å². The van der Waals surface area contributed by atoms with Crippen LogP contribution >= 0.6 is 0 Å². The molecule has 0 aromatic heterocycles. The summed E-state index contributed by atoms with van der Waals surface area (Å²) in [5, 5.41) is 0. The molecule has 0 amide bonds. The fourth-order valence-electron chi connectivity index (χ4n) is 10.8. The maximum atomic E-state index is 12.9. The predicted octanol–water partition coefficient (Wildman–Crippen LogP) is 24.9. The zero-order valence-electron chi connectivity index (χ0n) is 54.6. The Hall–Kier alpha value is -2.63. The molecule has 0 aliphatic carbocycles. The number of esters is 3. The molecular weight excluding hydrogens is 997 g/mol. The first-order chi connectivity index (χ1) is 40.0. The van der Waals surface area contributed by atoms with Gasteiger partial charge < -0.3 is 14.2 Å². The van der Waals surface area contributed by atoms with E-state index in [9.17, 15) is 14.4 Å². The topological polar surface area (TPSA) is 78.9 Å². The molecule has 0 aromatic carbocycles. The van der Waals surface area contributed by atoms with E-state index in [1.165, 1.54) is 276 Å². The Balaban J connectivity index is 4.03. The highest BCUT2D eigenvalue weighted by Gasteiger charge is 2.19. The third-order valence-corrected chi connectivity index (χ3v) is 16.3. The van der Waals surface area contributed by atoms with E-state index in [4.69, 9.17) is 14.2 Å². The van der Waals surface area contributed by atoms with Crippen molar-refractivity contribution in [2.24, 2.45) is 0 Å². The van der Waals surface area contributed by atoms with Gasteiger partial charge in [-0.2, -0.15) is 0 Å². The summed E-state index contributed by atoms with van der Waals surface area (Å²) in [6.07, 6.45) is 88.9. The number of ether oxygens (including phenoxy) is 3. The van der Waals surface area contributed by atoms with E-state index in [2.05, 4.69) is 69.4 Å². The van der Waals surface area contributed by atoms with Gasteiger partial charge in [0.15, 0.2) is 6.10 Å². The zero-order chi connectivity index (χ0) is 58.5. The molecule has 474 valence electrons. The van der Waals surface area contributed by atoms with Crippen molar-refractivity contribution >= 4 is 17.9 Å². The van der Waals surface area contributed by atoms with E-state index < -0.39 is 6.10 Å². The number of rotatable bonds is 67. The molecule has 0 bridgehead atoms. The van der Waals surface area contributed by atoms with Crippen LogP contribution in [0.15, 0.2) is 48.6 Å². The van der Waals surface area contributed by atoms with E-state index in [1.807, 2.05) is 0 Å². The van der Waals surface area contributed by atoms with Crippen molar-refractivity contribution in [1.29, 1.82) is 0 Å². The molecule has 1 atom stereocenters. The van der Waals surface area contributed by atoms with Gasteiger partial charge in [-0.1, -0.05) is 326 Å². The average Bonchev–Trinajstić information content (AvgIpc) is 3.47. The summed E-state index contributed by atoms with van der Waals surface area (Å²) in [6, 6.07) is 0. The normalized spacial score (nSPS) is 12.3. The third-order valence-electron chi connectivity index (χ3n) is 16.3. The van der Waals surface area contributed by atoms with Gasteiger partial charge in [0.2, 0.25) is 0 Å². The highest BCUT2D eigenvalue weighted by Crippen LogP contribution is 2.18. The number of hydrogen-bond donors (Lipinski definition) is 0. The second-order valence-electron chi connectivity index (χ2n) is 24.5. The van der Waals surface area contributed by atoms with Crippen LogP contribution in [0, 0.1) is 0 Å². The molecule has 81 heavy (non-hydrogen) atoms. The van der Waals surface area contributed by atoms with Crippen LogP contribution in [0.2, 0.25) is 0 Å². The number of carbonyl (C=O) groups excluding carboxylic acids is 3. The van der Waals surface area contributed by atoms with Crippen LogP contribution in [-0.4, -0.2) is 37.2 Å². The monoisotopic (exact) mass is 1140 g/mol. The summed E-state index contributed by atoms with van der Waals surface area (Å²) in [6.45, 7) is 6.61. The van der Waals surface area contributed by atoms with Gasteiger partial charge in [0, 0.05) is 19.3 Å². The van der Waals surface area contributed by atoms with Gasteiger partial charge in [-0.15, -0.1) is 0 Å². The van der Waals surface area contributed by atoms with Gasteiger partial charge in [-0.05, 0) is 96.3 Å². The summed E-state index contributed by atoms with van der Waals surface area (Å²) in [4.78, 5) is 38.3. The minimum atomic E-state index is -0.776. The third kappa shape index (κ3) is 68.0. The Labute approximate surface area is 505 Å². The lowest BCUT2D eigenvalue weighted by Gasteiger charge is -2.18. The number of carbonyl (C=O) groups is 3. The van der Waals surface area contributed by atoms with Crippen LogP contribution in [0.1, 0.15) is 393 Å². The van der Waals surface area contributed by atoms with Gasteiger partial charge in [-0.25, -0.2) is 0 Å². The van der Waals surface area contributed by atoms with Crippen molar-refractivity contribution in [3.8, 4) is 0 Å². The highest BCUT2D eigenvalue weighted by molar-refractivity contribution is 5.71. The van der Waals surface area contributed by atoms with Gasteiger partial charge in [0.25, 0.3) is 0 Å². The van der Waals surface area contributed by atoms with E-state index >= 15 is 0 Å². The minimum absolute atomic E-state index is 0.0730. The molecule has 0 heterocycles. The number of allylic oxidation sites excluding steroid dienone is 8. The molecule has 0 aromatic rings. The molecule has 0 rings (SSSR count). The lowest BCUT2D eigenvalue weighted by atomic mass is 10.0. The van der Waals surface area contributed by atoms with Crippen LogP contribution < -0.4 is 0 Å². The van der Waals surface area contributed by atoms with Crippen LogP contribution in [0.4, 0.5) is 0 Å². The molecule has 0 spiro atoms. The van der Waals surface area contributed by atoms with Crippen molar-refractivity contribution < 1.29 is 28.6 Å². The molecule has 0 N–H and O–H groups in total. The molecule has 0 aliphatic heterocycles. The van der Waals surface area contributed by atoms with Crippen molar-refractivity contribution in [3.63, 3.8) is 0 Å². The Morgan fingerprint density at radius 1 is 0.247 bits per heavy atom. The number of hydrogen-bond acceptors (Lipinski definition) is 6. The highest BCUT2D eigenvalue weighted by atomic mass is 16.6. The van der Waals surface area contributed by atoms with E-state index in [1.54, 1.807) is 0 Å². The second kappa shape index (κ2) is 69.9. The molecule has 0 saturated heterocycles. The first-order valence-electron chi connectivity index (χ1n) is 36.1. The molecule has 0 aliphatic rings. The van der Waals surface area contributed by atoms with Gasteiger partial charge in [-0.3, -0.25) is 14.4 Å². The van der Waals surface area contributed by atoms with E-state index in [0.717, 1.165) is 77.0 Å². The quantitative estimate of drug-likeness (QED) is 0.0261. The summed E-state index contributed by atoms with van der Waals surface area (Å²) in [5.74, 6) is -0.865. The Morgan fingerprint density at radius 3 is 0.741 bits per heavy atom. The maximum Gasteiger partial charge on any atom is 0.306 e. The first-order valence-corrected chi connectivity index (χ1v) is 36.1. The molecule has 0 saturated carbocycles. The Bertz CT molecular complexity index is 1400. The SMILES string of the molecule is CCC/C=C\CCCCCCCC(=O)OCC(COC(=O)CCCCCCCCCCCCCCCCCCCCCCCCC/C=C\C/C=C\CCCCCCC)OC(=O)CCCCCCCCC/C=C\CCCCCCCCC. The molecule has 6 nitrogen and oxygen atoms in total. The summed E-state index contributed by atoms with van der Waals surface area (Å²) < 4.78 is 16.9. The molecule has 0 radical (unpaired) electrons. The predicted molar refractivity (Wildman–Crippen MR) is 353 cm³/mol. The fraction of sp³-hybridized carbons (Fsp3) is 0.853. The number of unbranched alkanes of at least 4 members (excludes halogenated alkanes) is 48.